The Bertz CT molecular complexity index is 266. The molecule has 0 radical (unpaired) electrons. The molecule has 0 bridgehead atoms. The predicted molar refractivity (Wildman–Crippen MR) is 56.3 cm³/mol. The first-order valence-electron chi connectivity index (χ1n) is 4.42. The third kappa shape index (κ3) is 3.85. The van der Waals surface area contributed by atoms with Crippen LogP contribution in [0.1, 0.15) is 19.8 Å². The fourth-order valence-electron chi connectivity index (χ4n) is 0.880. The molecule has 0 spiro atoms. The molecule has 0 aromatic rings. The lowest BCUT2D eigenvalue weighted by Crippen LogP contribution is -2.27. The Labute approximate surface area is 84.4 Å². The van der Waals surface area contributed by atoms with E-state index in [2.05, 4.69) is 13.2 Å². The van der Waals surface area contributed by atoms with Gasteiger partial charge in [0.2, 0.25) is 12.3 Å². The molecule has 0 aliphatic heterocycles. The molecule has 0 rings (SSSR count). The zero-order valence-electron chi connectivity index (χ0n) is 8.40. The van der Waals surface area contributed by atoms with Gasteiger partial charge in [0.25, 0.3) is 0 Å². The Kier molecular flexibility index (Phi) is 6.03. The summed E-state index contributed by atoms with van der Waals surface area (Å²) in [7, 11) is 0. The van der Waals surface area contributed by atoms with Crippen molar-refractivity contribution in [1.29, 1.82) is 0 Å². The van der Waals surface area contributed by atoms with E-state index in [1.165, 1.54) is 0 Å². The second-order valence-electron chi connectivity index (χ2n) is 2.71. The first kappa shape index (κ1) is 12.4. The van der Waals surface area contributed by atoms with Gasteiger partial charge in [-0.25, -0.2) is 0 Å². The molecular weight excluding hydrogens is 178 g/mol. The minimum atomic E-state index is -0.235. The molecule has 0 aromatic heterocycles. The lowest BCUT2D eigenvalue weighted by atomic mass is 10.3. The van der Waals surface area contributed by atoms with Crippen LogP contribution in [0.3, 0.4) is 0 Å². The van der Waals surface area contributed by atoms with E-state index in [0.29, 0.717) is 24.9 Å². The van der Waals surface area contributed by atoms with Crippen molar-refractivity contribution in [2.24, 2.45) is 0 Å². The predicted octanol–water partition coefficient (Wildman–Crippen LogP) is 2.03. The molecule has 3 nitrogen and oxygen atoms in total. The van der Waals surface area contributed by atoms with Gasteiger partial charge in [0.05, 0.1) is 0 Å². The zero-order chi connectivity index (χ0) is 11.0. The SMILES string of the molecule is C=C/C=C\C(=C)N(C=O)C(=O)CCC. The van der Waals surface area contributed by atoms with E-state index in [0.717, 1.165) is 4.90 Å². The number of rotatable bonds is 6. The summed E-state index contributed by atoms with van der Waals surface area (Å²) in [6.07, 6.45) is 6.28. The molecule has 0 saturated carbocycles. The fraction of sp³-hybridized carbons (Fsp3) is 0.273. The van der Waals surface area contributed by atoms with Crippen LogP contribution in [0.15, 0.2) is 37.1 Å². The third-order valence-corrected chi connectivity index (χ3v) is 1.57. The Morgan fingerprint density at radius 3 is 2.57 bits per heavy atom. The van der Waals surface area contributed by atoms with Crippen molar-refractivity contribution in [2.45, 2.75) is 19.8 Å². The first-order chi connectivity index (χ1) is 6.67. The maximum atomic E-state index is 11.4. The molecule has 0 fully saturated rings. The summed E-state index contributed by atoms with van der Waals surface area (Å²) in [5.74, 6) is -0.235. The van der Waals surface area contributed by atoms with Crippen LogP contribution in [-0.2, 0) is 9.59 Å². The van der Waals surface area contributed by atoms with Gasteiger partial charge in [-0.05, 0) is 12.5 Å². The highest BCUT2D eigenvalue weighted by Gasteiger charge is 2.12. The van der Waals surface area contributed by atoms with E-state index in [9.17, 15) is 9.59 Å². The minimum Gasteiger partial charge on any atom is -0.278 e. The molecule has 76 valence electrons. The van der Waals surface area contributed by atoms with Crippen LogP contribution in [0.4, 0.5) is 0 Å². The Hall–Kier alpha value is -1.64. The summed E-state index contributed by atoms with van der Waals surface area (Å²) >= 11 is 0. The second kappa shape index (κ2) is 6.83. The number of amides is 2. The van der Waals surface area contributed by atoms with E-state index in [4.69, 9.17) is 0 Å². The highest BCUT2D eigenvalue weighted by atomic mass is 16.2. The molecule has 0 unspecified atom stereocenters. The second-order valence-corrected chi connectivity index (χ2v) is 2.71. The van der Waals surface area contributed by atoms with Gasteiger partial charge < -0.3 is 0 Å². The Morgan fingerprint density at radius 1 is 1.50 bits per heavy atom. The van der Waals surface area contributed by atoms with E-state index in [1.54, 1.807) is 18.2 Å². The number of carbonyl (C=O) groups is 2. The van der Waals surface area contributed by atoms with Gasteiger partial charge in [0.15, 0.2) is 0 Å². The molecule has 0 heterocycles. The number of hydrogen-bond donors (Lipinski definition) is 0. The van der Waals surface area contributed by atoms with Crippen molar-refractivity contribution < 1.29 is 9.59 Å². The zero-order valence-corrected chi connectivity index (χ0v) is 8.40. The van der Waals surface area contributed by atoms with Crippen molar-refractivity contribution in [1.82, 2.24) is 4.90 Å². The summed E-state index contributed by atoms with van der Waals surface area (Å²) in [5, 5.41) is 0. The molecule has 0 N–H and O–H groups in total. The van der Waals surface area contributed by atoms with Crippen LogP contribution in [0.25, 0.3) is 0 Å². The van der Waals surface area contributed by atoms with Crippen molar-refractivity contribution in [2.75, 3.05) is 0 Å². The largest absolute Gasteiger partial charge is 0.278 e. The van der Waals surface area contributed by atoms with Gasteiger partial charge in [-0.1, -0.05) is 32.2 Å². The summed E-state index contributed by atoms with van der Waals surface area (Å²) in [4.78, 5) is 23.0. The van der Waals surface area contributed by atoms with Gasteiger partial charge in [-0.15, -0.1) is 0 Å². The molecule has 0 aliphatic rings. The molecule has 0 aromatic carbocycles. The van der Waals surface area contributed by atoms with E-state index < -0.39 is 0 Å². The summed E-state index contributed by atoms with van der Waals surface area (Å²) in [6.45, 7) is 8.96. The highest BCUT2D eigenvalue weighted by molar-refractivity contribution is 5.88. The Morgan fingerprint density at radius 2 is 2.14 bits per heavy atom. The van der Waals surface area contributed by atoms with Gasteiger partial charge in [-0.3, -0.25) is 14.5 Å². The van der Waals surface area contributed by atoms with Gasteiger partial charge in [0.1, 0.15) is 0 Å². The molecule has 0 saturated heterocycles. The summed E-state index contributed by atoms with van der Waals surface area (Å²) in [5.41, 5.74) is 0.360. The molecule has 0 atom stereocenters. The topological polar surface area (TPSA) is 37.4 Å². The number of hydrogen-bond acceptors (Lipinski definition) is 2. The van der Waals surface area contributed by atoms with Gasteiger partial charge in [0, 0.05) is 12.1 Å². The van der Waals surface area contributed by atoms with E-state index >= 15 is 0 Å². The molecule has 3 heteroatoms. The maximum absolute atomic E-state index is 11.4. The molecular formula is C11H15NO2. The standard InChI is InChI=1S/C11H15NO2/c1-4-6-8-10(3)12(9-13)11(14)7-5-2/h4,6,8-9H,1,3,5,7H2,2H3/b8-6-. The van der Waals surface area contributed by atoms with Crippen LogP contribution in [0, 0.1) is 0 Å². The Balaban J connectivity index is 4.47. The lowest BCUT2D eigenvalue weighted by molar-refractivity contribution is -0.135. The van der Waals surface area contributed by atoms with E-state index in [-0.39, 0.29) is 5.91 Å². The third-order valence-electron chi connectivity index (χ3n) is 1.57. The van der Waals surface area contributed by atoms with Crippen molar-refractivity contribution in [3.8, 4) is 0 Å². The molecule has 2 amide bonds. The monoisotopic (exact) mass is 193 g/mol. The van der Waals surface area contributed by atoms with Crippen molar-refractivity contribution in [3.05, 3.63) is 37.1 Å². The average Bonchev–Trinajstić information content (AvgIpc) is 2.16. The first-order valence-corrected chi connectivity index (χ1v) is 4.42. The van der Waals surface area contributed by atoms with Crippen LogP contribution in [0.5, 0.6) is 0 Å². The molecule has 0 aliphatic carbocycles. The van der Waals surface area contributed by atoms with Crippen LogP contribution in [-0.4, -0.2) is 17.2 Å². The van der Waals surface area contributed by atoms with Crippen LogP contribution >= 0.6 is 0 Å². The summed E-state index contributed by atoms with van der Waals surface area (Å²) in [6, 6.07) is 0. The normalized spacial score (nSPS) is 9.79. The maximum Gasteiger partial charge on any atom is 0.233 e. The quantitative estimate of drug-likeness (QED) is 0.478. The number of allylic oxidation sites excluding steroid dienone is 3. The summed E-state index contributed by atoms with van der Waals surface area (Å²) < 4.78 is 0. The number of carbonyl (C=O) groups excluding carboxylic acids is 2. The average molecular weight is 193 g/mol. The van der Waals surface area contributed by atoms with Crippen molar-refractivity contribution in [3.63, 3.8) is 0 Å². The fourth-order valence-corrected chi connectivity index (χ4v) is 0.880. The molecule has 14 heavy (non-hydrogen) atoms. The number of nitrogens with zero attached hydrogens (tertiary/aromatic N) is 1. The smallest absolute Gasteiger partial charge is 0.233 e. The van der Waals surface area contributed by atoms with E-state index in [1.807, 2.05) is 6.92 Å². The highest BCUT2D eigenvalue weighted by Crippen LogP contribution is 2.04. The van der Waals surface area contributed by atoms with Crippen LogP contribution in [0.2, 0.25) is 0 Å². The number of imide groups is 1. The van der Waals surface area contributed by atoms with Crippen LogP contribution < -0.4 is 0 Å². The van der Waals surface area contributed by atoms with Crippen molar-refractivity contribution >= 4 is 12.3 Å². The van der Waals surface area contributed by atoms with Gasteiger partial charge in [-0.2, -0.15) is 0 Å². The lowest BCUT2D eigenvalue weighted by Gasteiger charge is -2.14. The minimum absolute atomic E-state index is 0.235. The van der Waals surface area contributed by atoms with Gasteiger partial charge >= 0.3 is 0 Å².